The summed E-state index contributed by atoms with van der Waals surface area (Å²) in [6.45, 7) is 0.580. The van der Waals surface area contributed by atoms with E-state index >= 15 is 0 Å². The van der Waals surface area contributed by atoms with E-state index in [-0.39, 0.29) is 4.90 Å². The minimum atomic E-state index is -3.69. The van der Waals surface area contributed by atoms with Crippen molar-refractivity contribution in [3.05, 3.63) is 79.1 Å². The Hall–Kier alpha value is -3.92. The van der Waals surface area contributed by atoms with E-state index in [9.17, 15) is 8.42 Å². The van der Waals surface area contributed by atoms with Crippen LogP contribution in [0.25, 0.3) is 5.82 Å². The minimum Gasteiger partial charge on any atom is -0.493 e. The Morgan fingerprint density at radius 3 is 2.65 bits per heavy atom. The van der Waals surface area contributed by atoms with Crippen LogP contribution in [0.1, 0.15) is 5.56 Å². The molecule has 0 fully saturated rings. The summed E-state index contributed by atoms with van der Waals surface area (Å²) in [6.07, 6.45) is 7.29. The molecule has 5 rings (SSSR count). The highest BCUT2D eigenvalue weighted by atomic mass is 32.2. The summed E-state index contributed by atoms with van der Waals surface area (Å²) in [5, 5.41) is 3.18. The topological polar surface area (TPSA) is 111 Å². The van der Waals surface area contributed by atoms with Crippen LogP contribution in [-0.4, -0.2) is 34.5 Å². The van der Waals surface area contributed by atoms with Crippen LogP contribution < -0.4 is 14.8 Å². The Bertz CT molecular complexity index is 1320. The van der Waals surface area contributed by atoms with Crippen molar-refractivity contribution in [3.63, 3.8) is 0 Å². The SMILES string of the molecule is O=S(=O)(Nc1ccc(Nc2cc(-n3ccnc3)ncn2)cc1)c1ccc2c(c1)CCO2. The van der Waals surface area contributed by atoms with E-state index in [0.29, 0.717) is 30.4 Å². The molecule has 0 bridgehead atoms. The van der Waals surface area contributed by atoms with Gasteiger partial charge in [-0.1, -0.05) is 0 Å². The highest BCUT2D eigenvalue weighted by Crippen LogP contribution is 2.28. The van der Waals surface area contributed by atoms with Crippen LogP contribution >= 0.6 is 0 Å². The fraction of sp³-hybridized carbons (Fsp3) is 0.0952. The molecule has 156 valence electrons. The van der Waals surface area contributed by atoms with Crippen LogP contribution in [0.2, 0.25) is 0 Å². The Labute approximate surface area is 178 Å². The summed E-state index contributed by atoms with van der Waals surface area (Å²) in [5.74, 6) is 2.03. The molecule has 2 aromatic heterocycles. The molecule has 0 saturated carbocycles. The summed E-state index contributed by atoms with van der Waals surface area (Å²) in [7, 11) is -3.69. The zero-order valence-corrected chi connectivity index (χ0v) is 17.1. The maximum absolute atomic E-state index is 12.7. The van der Waals surface area contributed by atoms with Crippen LogP contribution in [-0.2, 0) is 16.4 Å². The number of fused-ring (bicyclic) bond motifs is 1. The van der Waals surface area contributed by atoms with Crippen molar-refractivity contribution < 1.29 is 13.2 Å². The zero-order chi connectivity index (χ0) is 21.3. The Morgan fingerprint density at radius 2 is 1.84 bits per heavy atom. The fourth-order valence-electron chi connectivity index (χ4n) is 3.26. The maximum Gasteiger partial charge on any atom is 0.261 e. The molecule has 0 aliphatic carbocycles. The van der Waals surface area contributed by atoms with Gasteiger partial charge in [-0.15, -0.1) is 0 Å². The van der Waals surface area contributed by atoms with E-state index in [1.54, 1.807) is 71.8 Å². The second-order valence-corrected chi connectivity index (χ2v) is 8.59. The van der Waals surface area contributed by atoms with Crippen LogP contribution in [0, 0.1) is 0 Å². The van der Waals surface area contributed by atoms with Crippen LogP contribution in [0.15, 0.2) is 78.5 Å². The second kappa shape index (κ2) is 7.73. The molecular weight excluding hydrogens is 416 g/mol. The smallest absolute Gasteiger partial charge is 0.261 e. The number of imidazole rings is 1. The van der Waals surface area contributed by atoms with Crippen LogP contribution in [0.3, 0.4) is 0 Å². The summed E-state index contributed by atoms with van der Waals surface area (Å²) in [4.78, 5) is 12.7. The van der Waals surface area contributed by atoms with Gasteiger partial charge in [0.15, 0.2) is 0 Å². The van der Waals surface area contributed by atoms with Gasteiger partial charge in [-0.2, -0.15) is 0 Å². The number of aromatic nitrogens is 4. The average molecular weight is 434 g/mol. The van der Waals surface area contributed by atoms with Gasteiger partial charge in [0, 0.05) is 36.3 Å². The number of hydrogen-bond donors (Lipinski definition) is 2. The molecule has 0 atom stereocenters. The summed E-state index contributed by atoms with van der Waals surface area (Å²) < 4.78 is 35.3. The van der Waals surface area contributed by atoms with Crippen molar-refractivity contribution in [2.24, 2.45) is 0 Å². The van der Waals surface area contributed by atoms with E-state index in [2.05, 4.69) is 25.0 Å². The van der Waals surface area contributed by atoms with Crippen LogP contribution in [0.4, 0.5) is 17.2 Å². The molecule has 0 unspecified atom stereocenters. The van der Waals surface area contributed by atoms with Gasteiger partial charge in [-0.25, -0.2) is 23.4 Å². The van der Waals surface area contributed by atoms with Gasteiger partial charge in [0.05, 0.1) is 11.5 Å². The second-order valence-electron chi connectivity index (χ2n) is 6.91. The van der Waals surface area contributed by atoms with Crippen LogP contribution in [0.5, 0.6) is 5.75 Å². The number of rotatable bonds is 6. The summed E-state index contributed by atoms with van der Waals surface area (Å²) in [5.41, 5.74) is 2.12. The minimum absolute atomic E-state index is 0.215. The first-order valence-corrected chi connectivity index (χ1v) is 11.0. The van der Waals surface area contributed by atoms with Gasteiger partial charge < -0.3 is 10.1 Å². The van der Waals surface area contributed by atoms with E-state index in [1.165, 1.54) is 6.33 Å². The van der Waals surface area contributed by atoms with Crippen molar-refractivity contribution in [2.45, 2.75) is 11.3 Å². The Kier molecular flexibility index (Phi) is 4.75. The third-order valence-corrected chi connectivity index (χ3v) is 6.18. The molecule has 4 aromatic rings. The lowest BCUT2D eigenvalue weighted by molar-refractivity contribution is 0.356. The van der Waals surface area contributed by atoms with Gasteiger partial charge in [0.2, 0.25) is 0 Å². The number of benzene rings is 2. The molecule has 0 saturated heterocycles. The quantitative estimate of drug-likeness (QED) is 0.480. The molecule has 0 radical (unpaired) electrons. The first-order chi connectivity index (χ1) is 15.1. The summed E-state index contributed by atoms with van der Waals surface area (Å²) >= 11 is 0. The molecular formula is C21H18N6O3S. The molecule has 0 spiro atoms. The zero-order valence-electron chi connectivity index (χ0n) is 16.3. The third kappa shape index (κ3) is 4.05. The lowest BCUT2D eigenvalue weighted by Gasteiger charge is -2.11. The van der Waals surface area contributed by atoms with E-state index in [4.69, 9.17) is 4.74 Å². The van der Waals surface area contributed by atoms with Gasteiger partial charge in [0.1, 0.15) is 30.0 Å². The number of sulfonamides is 1. The van der Waals surface area contributed by atoms with Gasteiger partial charge >= 0.3 is 0 Å². The third-order valence-electron chi connectivity index (χ3n) is 4.80. The molecule has 2 aromatic carbocycles. The lowest BCUT2D eigenvalue weighted by atomic mass is 10.2. The highest BCUT2D eigenvalue weighted by Gasteiger charge is 2.19. The molecule has 1 aliphatic rings. The normalized spacial score (nSPS) is 12.8. The number of hydrogen-bond acceptors (Lipinski definition) is 7. The molecule has 3 heterocycles. The van der Waals surface area contributed by atoms with Crippen molar-refractivity contribution in [1.29, 1.82) is 0 Å². The van der Waals surface area contributed by atoms with Crippen molar-refractivity contribution in [1.82, 2.24) is 19.5 Å². The van der Waals surface area contributed by atoms with E-state index < -0.39 is 10.0 Å². The Balaban J connectivity index is 1.30. The van der Waals surface area contributed by atoms with Crippen molar-refractivity contribution in [3.8, 4) is 11.6 Å². The van der Waals surface area contributed by atoms with Gasteiger partial charge in [-0.3, -0.25) is 9.29 Å². The molecule has 31 heavy (non-hydrogen) atoms. The van der Waals surface area contributed by atoms with E-state index in [0.717, 1.165) is 17.0 Å². The summed E-state index contributed by atoms with van der Waals surface area (Å²) in [6, 6.07) is 13.6. The highest BCUT2D eigenvalue weighted by molar-refractivity contribution is 7.92. The fourth-order valence-corrected chi connectivity index (χ4v) is 4.37. The molecule has 2 N–H and O–H groups in total. The maximum atomic E-state index is 12.7. The molecule has 1 aliphatic heterocycles. The Morgan fingerprint density at radius 1 is 1.00 bits per heavy atom. The van der Waals surface area contributed by atoms with E-state index in [1.807, 2.05) is 0 Å². The first kappa shape index (κ1) is 19.1. The largest absolute Gasteiger partial charge is 0.493 e. The van der Waals surface area contributed by atoms with Crippen molar-refractivity contribution in [2.75, 3.05) is 16.6 Å². The predicted octanol–water partition coefficient (Wildman–Crippen LogP) is 3.14. The van der Waals surface area contributed by atoms with Gasteiger partial charge in [0.25, 0.3) is 10.0 Å². The number of nitrogens with zero attached hydrogens (tertiary/aromatic N) is 4. The van der Waals surface area contributed by atoms with Gasteiger partial charge in [-0.05, 0) is 48.0 Å². The lowest BCUT2D eigenvalue weighted by Crippen LogP contribution is -2.13. The van der Waals surface area contributed by atoms with Crippen molar-refractivity contribution >= 4 is 27.2 Å². The first-order valence-electron chi connectivity index (χ1n) is 9.53. The monoisotopic (exact) mass is 434 g/mol. The molecule has 10 heteroatoms. The number of nitrogens with one attached hydrogen (secondary N) is 2. The number of anilines is 3. The predicted molar refractivity (Wildman–Crippen MR) is 115 cm³/mol. The molecule has 0 amide bonds. The number of ether oxygens (including phenoxy) is 1. The average Bonchev–Trinajstić information content (AvgIpc) is 3.47. The standard InChI is InChI=1S/C21H18N6O3S/c28-31(29,18-5-6-19-15(11-18)7-10-30-19)26-17-3-1-16(2-4-17)25-20-12-21(24-13-23-20)27-9-8-22-14-27/h1-6,8-9,11-14,26H,7,10H2,(H,23,24,25). The molecule has 9 nitrogen and oxygen atoms in total.